The van der Waals surface area contributed by atoms with E-state index in [2.05, 4.69) is 9.69 Å². The van der Waals surface area contributed by atoms with Crippen LogP contribution in [0.4, 0.5) is 5.69 Å². The lowest BCUT2D eigenvalue weighted by atomic mass is 10.1. The zero-order chi connectivity index (χ0) is 11.5. The fourth-order valence-corrected chi connectivity index (χ4v) is 2.01. The lowest BCUT2D eigenvalue weighted by molar-refractivity contribution is 0.103. The minimum Gasteiger partial charge on any atom is -0.321 e. The van der Waals surface area contributed by atoms with Gasteiger partial charge in [0, 0.05) is 11.9 Å². The maximum absolute atomic E-state index is 11.8. The number of hydrogen-bond acceptors (Lipinski definition) is 3. The Labute approximate surface area is 98.3 Å². The fourth-order valence-electron chi connectivity index (χ4n) is 1.52. The third kappa shape index (κ3) is 2.12. The standard InChI is InChI=1S/C12H12N2OS/c1-8-4-3-5-9(2)11(8)14-12(15)10-6-7-13-16-10/h3-7H,1-2H3,(H,14,15). The molecule has 0 fully saturated rings. The average Bonchev–Trinajstić information content (AvgIpc) is 2.76. The van der Waals surface area contributed by atoms with E-state index in [0.717, 1.165) is 16.8 Å². The maximum Gasteiger partial charge on any atom is 0.267 e. The molecule has 16 heavy (non-hydrogen) atoms. The van der Waals surface area contributed by atoms with Gasteiger partial charge in [-0.15, -0.1) is 0 Å². The summed E-state index contributed by atoms with van der Waals surface area (Å²) < 4.78 is 3.91. The van der Waals surface area contributed by atoms with E-state index in [0.29, 0.717) is 4.88 Å². The molecular formula is C12H12N2OS. The minimum absolute atomic E-state index is 0.0973. The second-order valence-corrected chi connectivity index (χ2v) is 4.43. The Morgan fingerprint density at radius 2 is 1.94 bits per heavy atom. The lowest BCUT2D eigenvalue weighted by Gasteiger charge is -2.10. The first-order valence-electron chi connectivity index (χ1n) is 4.97. The van der Waals surface area contributed by atoms with E-state index in [1.807, 2.05) is 32.0 Å². The van der Waals surface area contributed by atoms with E-state index >= 15 is 0 Å². The van der Waals surface area contributed by atoms with Gasteiger partial charge in [-0.3, -0.25) is 4.79 Å². The van der Waals surface area contributed by atoms with Crippen molar-refractivity contribution in [2.75, 3.05) is 5.32 Å². The van der Waals surface area contributed by atoms with Gasteiger partial charge in [0.1, 0.15) is 4.88 Å². The number of aryl methyl sites for hydroxylation is 2. The molecule has 0 saturated carbocycles. The number of carbonyl (C=O) groups excluding carboxylic acids is 1. The maximum atomic E-state index is 11.8. The molecule has 0 unspecified atom stereocenters. The molecule has 0 aliphatic carbocycles. The molecule has 2 rings (SSSR count). The van der Waals surface area contributed by atoms with Gasteiger partial charge in [0.15, 0.2) is 0 Å². The van der Waals surface area contributed by atoms with Crippen LogP contribution in [-0.2, 0) is 0 Å². The first kappa shape index (κ1) is 10.8. The molecule has 0 atom stereocenters. The van der Waals surface area contributed by atoms with Gasteiger partial charge in [0.2, 0.25) is 0 Å². The van der Waals surface area contributed by atoms with Gasteiger partial charge in [0.25, 0.3) is 5.91 Å². The van der Waals surface area contributed by atoms with Crippen molar-refractivity contribution >= 4 is 23.1 Å². The van der Waals surface area contributed by atoms with Gasteiger partial charge in [-0.05, 0) is 42.6 Å². The molecule has 1 N–H and O–H groups in total. The molecule has 1 aromatic heterocycles. The van der Waals surface area contributed by atoms with Gasteiger partial charge in [-0.2, -0.15) is 0 Å². The van der Waals surface area contributed by atoms with Crippen LogP contribution in [0, 0.1) is 13.8 Å². The Bertz CT molecular complexity index is 485. The predicted molar refractivity (Wildman–Crippen MR) is 66.0 cm³/mol. The Balaban J connectivity index is 2.25. The van der Waals surface area contributed by atoms with Crippen molar-refractivity contribution in [2.45, 2.75) is 13.8 Å². The van der Waals surface area contributed by atoms with Crippen molar-refractivity contribution in [1.29, 1.82) is 0 Å². The first-order valence-corrected chi connectivity index (χ1v) is 5.74. The largest absolute Gasteiger partial charge is 0.321 e. The van der Waals surface area contributed by atoms with Crippen LogP contribution >= 0.6 is 11.5 Å². The van der Waals surface area contributed by atoms with Crippen LogP contribution in [0.5, 0.6) is 0 Å². The van der Waals surface area contributed by atoms with Gasteiger partial charge in [-0.25, -0.2) is 4.37 Å². The van der Waals surface area contributed by atoms with Crippen molar-refractivity contribution in [3.63, 3.8) is 0 Å². The molecule has 0 bridgehead atoms. The lowest BCUT2D eigenvalue weighted by Crippen LogP contribution is -2.12. The van der Waals surface area contributed by atoms with Crippen molar-refractivity contribution in [1.82, 2.24) is 4.37 Å². The smallest absolute Gasteiger partial charge is 0.267 e. The number of hydrogen-bond donors (Lipinski definition) is 1. The second-order valence-electron chi connectivity index (χ2n) is 3.60. The number of nitrogens with zero attached hydrogens (tertiary/aromatic N) is 1. The van der Waals surface area contributed by atoms with Crippen LogP contribution in [0.15, 0.2) is 30.5 Å². The van der Waals surface area contributed by atoms with Crippen molar-refractivity contribution in [2.24, 2.45) is 0 Å². The zero-order valence-corrected chi connectivity index (χ0v) is 9.97. The molecule has 1 heterocycles. The van der Waals surface area contributed by atoms with E-state index in [-0.39, 0.29) is 5.91 Å². The minimum atomic E-state index is -0.0973. The molecule has 3 nitrogen and oxygen atoms in total. The normalized spacial score (nSPS) is 10.1. The first-order chi connectivity index (χ1) is 7.68. The monoisotopic (exact) mass is 232 g/mol. The fraction of sp³-hybridized carbons (Fsp3) is 0.167. The van der Waals surface area contributed by atoms with Gasteiger partial charge < -0.3 is 5.32 Å². The topological polar surface area (TPSA) is 42.0 Å². The molecule has 0 aliphatic rings. The van der Waals surface area contributed by atoms with E-state index in [1.165, 1.54) is 11.5 Å². The van der Waals surface area contributed by atoms with Gasteiger partial charge >= 0.3 is 0 Å². The number of rotatable bonds is 2. The summed E-state index contributed by atoms with van der Waals surface area (Å²) in [6, 6.07) is 7.66. The Morgan fingerprint density at radius 1 is 1.25 bits per heavy atom. The number of para-hydroxylation sites is 1. The molecule has 2 aromatic rings. The molecular weight excluding hydrogens is 220 g/mol. The average molecular weight is 232 g/mol. The quantitative estimate of drug-likeness (QED) is 0.864. The van der Waals surface area contributed by atoms with Crippen molar-refractivity contribution < 1.29 is 4.79 Å². The highest BCUT2D eigenvalue weighted by molar-refractivity contribution is 7.08. The molecule has 0 radical (unpaired) electrons. The number of nitrogens with one attached hydrogen (secondary N) is 1. The molecule has 0 saturated heterocycles. The van der Waals surface area contributed by atoms with E-state index in [9.17, 15) is 4.79 Å². The highest BCUT2D eigenvalue weighted by Gasteiger charge is 2.10. The van der Waals surface area contributed by atoms with Crippen molar-refractivity contribution in [3.05, 3.63) is 46.5 Å². The number of amides is 1. The highest BCUT2D eigenvalue weighted by Crippen LogP contribution is 2.20. The van der Waals surface area contributed by atoms with Gasteiger partial charge in [-0.1, -0.05) is 18.2 Å². The summed E-state index contributed by atoms with van der Waals surface area (Å²) in [5, 5.41) is 2.91. The predicted octanol–water partition coefficient (Wildman–Crippen LogP) is 3.01. The summed E-state index contributed by atoms with van der Waals surface area (Å²) in [7, 11) is 0. The van der Waals surface area contributed by atoms with Crippen LogP contribution in [-0.4, -0.2) is 10.3 Å². The molecule has 1 aromatic carbocycles. The van der Waals surface area contributed by atoms with E-state index in [1.54, 1.807) is 12.3 Å². The number of anilines is 1. The summed E-state index contributed by atoms with van der Waals surface area (Å²) >= 11 is 1.20. The highest BCUT2D eigenvalue weighted by atomic mass is 32.1. The SMILES string of the molecule is Cc1cccc(C)c1NC(=O)c1ccns1. The van der Waals surface area contributed by atoms with Crippen LogP contribution < -0.4 is 5.32 Å². The third-order valence-corrected chi connectivity index (χ3v) is 3.13. The van der Waals surface area contributed by atoms with Crippen LogP contribution in [0.1, 0.15) is 20.8 Å². The second kappa shape index (κ2) is 4.45. The Kier molecular flexibility index (Phi) is 3.01. The Hall–Kier alpha value is -1.68. The molecule has 0 aliphatic heterocycles. The zero-order valence-electron chi connectivity index (χ0n) is 9.15. The number of carbonyl (C=O) groups is 1. The Morgan fingerprint density at radius 3 is 2.50 bits per heavy atom. The summed E-state index contributed by atoms with van der Waals surface area (Å²) in [5.41, 5.74) is 3.02. The van der Waals surface area contributed by atoms with Crippen molar-refractivity contribution in [3.8, 4) is 0 Å². The van der Waals surface area contributed by atoms with E-state index < -0.39 is 0 Å². The van der Waals surface area contributed by atoms with Crippen LogP contribution in [0.2, 0.25) is 0 Å². The van der Waals surface area contributed by atoms with Crippen LogP contribution in [0.3, 0.4) is 0 Å². The van der Waals surface area contributed by atoms with E-state index in [4.69, 9.17) is 0 Å². The number of benzene rings is 1. The molecule has 4 heteroatoms. The summed E-state index contributed by atoms with van der Waals surface area (Å²) in [4.78, 5) is 12.5. The number of aromatic nitrogens is 1. The summed E-state index contributed by atoms with van der Waals surface area (Å²) in [6.07, 6.45) is 1.63. The van der Waals surface area contributed by atoms with Crippen LogP contribution in [0.25, 0.3) is 0 Å². The molecule has 82 valence electrons. The molecule has 1 amide bonds. The summed E-state index contributed by atoms with van der Waals surface area (Å²) in [6.45, 7) is 3.96. The molecule has 0 spiro atoms. The third-order valence-electron chi connectivity index (χ3n) is 2.38. The van der Waals surface area contributed by atoms with Gasteiger partial charge in [0.05, 0.1) is 0 Å². The summed E-state index contributed by atoms with van der Waals surface area (Å²) in [5.74, 6) is -0.0973.